The van der Waals surface area contributed by atoms with Gasteiger partial charge in [0.2, 0.25) is 0 Å². The third-order valence-corrected chi connectivity index (χ3v) is 6.97. The molecule has 0 aliphatic rings. The lowest BCUT2D eigenvalue weighted by Gasteiger charge is -2.08. The van der Waals surface area contributed by atoms with Gasteiger partial charge in [-0.25, -0.2) is 9.67 Å². The number of thiazole rings is 1. The number of hydrogen-bond acceptors (Lipinski definition) is 5. The third kappa shape index (κ3) is 3.26. The molecule has 0 atom stereocenters. The summed E-state index contributed by atoms with van der Waals surface area (Å²) in [5.74, 6) is 0. The van der Waals surface area contributed by atoms with Crippen molar-refractivity contribution in [1.82, 2.24) is 19.3 Å². The average molecular weight is 419 g/mol. The highest BCUT2D eigenvalue weighted by Crippen LogP contribution is 2.35. The van der Waals surface area contributed by atoms with E-state index >= 15 is 0 Å². The first kappa shape index (κ1) is 18.1. The molecule has 5 rings (SSSR count). The van der Waals surface area contributed by atoms with E-state index in [1.54, 1.807) is 23.1 Å². The first-order valence-electron chi connectivity index (χ1n) is 9.25. The Morgan fingerprint density at radius 1 is 0.966 bits per heavy atom. The van der Waals surface area contributed by atoms with E-state index in [0.29, 0.717) is 18.6 Å². The normalized spacial score (nSPS) is 11.5. The van der Waals surface area contributed by atoms with Gasteiger partial charge in [0.1, 0.15) is 5.52 Å². The third-order valence-electron chi connectivity index (χ3n) is 4.91. The summed E-state index contributed by atoms with van der Waals surface area (Å²) < 4.78 is 5.60. The Labute approximate surface area is 175 Å². The highest BCUT2D eigenvalue weighted by Gasteiger charge is 2.20. The minimum Gasteiger partial charge on any atom is -0.315 e. The zero-order chi connectivity index (χ0) is 19.8. The first-order chi connectivity index (χ1) is 14.2. The molecule has 0 fully saturated rings. The van der Waals surface area contributed by atoms with Gasteiger partial charge in [0.05, 0.1) is 17.4 Å². The van der Waals surface area contributed by atoms with Gasteiger partial charge in [-0.05, 0) is 17.4 Å². The number of nitrogens with zero attached hydrogens (tertiary/aromatic N) is 4. The van der Waals surface area contributed by atoms with Crippen molar-refractivity contribution in [2.75, 3.05) is 6.26 Å². The summed E-state index contributed by atoms with van der Waals surface area (Å²) in [6.07, 6.45) is 3.83. The number of rotatable bonds is 5. The van der Waals surface area contributed by atoms with E-state index in [9.17, 15) is 4.79 Å². The van der Waals surface area contributed by atoms with Crippen molar-refractivity contribution < 1.29 is 0 Å². The molecular weight excluding hydrogens is 400 g/mol. The molecule has 0 aliphatic heterocycles. The van der Waals surface area contributed by atoms with E-state index in [1.807, 2.05) is 65.6 Å². The standard InChI is InChI=1S/C22H18N4OS2/c1-28-22-24-20-19(29-22)17-12-23-26(14-16-10-6-3-7-11-16)21(27)18(17)25(20)13-15-8-4-2-5-9-15/h2-12H,13-14H2,1H3. The predicted octanol–water partition coefficient (Wildman–Crippen LogP) is 4.63. The smallest absolute Gasteiger partial charge is 0.291 e. The highest BCUT2D eigenvalue weighted by atomic mass is 32.2. The van der Waals surface area contributed by atoms with Crippen LogP contribution in [0.3, 0.4) is 0 Å². The quantitative estimate of drug-likeness (QED) is 0.391. The van der Waals surface area contributed by atoms with Crippen LogP contribution >= 0.6 is 23.1 Å². The monoisotopic (exact) mass is 418 g/mol. The topological polar surface area (TPSA) is 52.7 Å². The molecule has 0 unspecified atom stereocenters. The number of hydrogen-bond donors (Lipinski definition) is 0. The lowest BCUT2D eigenvalue weighted by atomic mass is 10.2. The maximum Gasteiger partial charge on any atom is 0.291 e. The lowest BCUT2D eigenvalue weighted by molar-refractivity contribution is 0.642. The largest absolute Gasteiger partial charge is 0.315 e. The van der Waals surface area contributed by atoms with Gasteiger partial charge < -0.3 is 4.57 Å². The molecule has 0 N–H and O–H groups in total. The Balaban J connectivity index is 1.72. The average Bonchev–Trinajstić information content (AvgIpc) is 3.30. The number of benzene rings is 2. The zero-order valence-corrected chi connectivity index (χ0v) is 17.4. The van der Waals surface area contributed by atoms with Crippen molar-refractivity contribution in [2.24, 2.45) is 0 Å². The molecule has 3 aromatic heterocycles. The van der Waals surface area contributed by atoms with E-state index in [2.05, 4.69) is 17.2 Å². The minimum atomic E-state index is -0.0850. The fourth-order valence-corrected chi connectivity index (χ4v) is 5.11. The fraction of sp³-hybridized carbons (Fsp3) is 0.136. The van der Waals surface area contributed by atoms with Crippen LogP contribution in [0.15, 0.2) is 76.0 Å². The molecule has 0 aliphatic carbocycles. The number of fused-ring (bicyclic) bond motifs is 3. The summed E-state index contributed by atoms with van der Waals surface area (Å²) in [5, 5.41) is 5.35. The predicted molar refractivity (Wildman–Crippen MR) is 120 cm³/mol. The van der Waals surface area contributed by atoms with Gasteiger partial charge in [-0.3, -0.25) is 4.79 Å². The minimum absolute atomic E-state index is 0.0850. The van der Waals surface area contributed by atoms with Gasteiger partial charge in [-0.1, -0.05) is 72.4 Å². The molecule has 0 spiro atoms. The van der Waals surface area contributed by atoms with Gasteiger partial charge in [0.15, 0.2) is 9.99 Å². The number of aromatic nitrogens is 4. The van der Waals surface area contributed by atoms with Gasteiger partial charge in [-0.2, -0.15) is 5.10 Å². The van der Waals surface area contributed by atoms with Crippen molar-refractivity contribution in [3.05, 3.63) is 88.3 Å². The van der Waals surface area contributed by atoms with Crippen LogP contribution in [0.2, 0.25) is 0 Å². The summed E-state index contributed by atoms with van der Waals surface area (Å²) in [6, 6.07) is 20.1. The lowest BCUT2D eigenvalue weighted by Crippen LogP contribution is -2.25. The van der Waals surface area contributed by atoms with Gasteiger partial charge in [0, 0.05) is 11.9 Å². The Kier molecular flexibility index (Phi) is 4.69. The SMILES string of the molecule is CSc1nc2c(s1)c1cnn(Cc3ccccc3)c(=O)c1n2Cc1ccccc1. The van der Waals surface area contributed by atoms with Gasteiger partial charge >= 0.3 is 0 Å². The molecule has 5 nitrogen and oxygen atoms in total. The van der Waals surface area contributed by atoms with E-state index in [-0.39, 0.29) is 5.56 Å². The molecule has 29 heavy (non-hydrogen) atoms. The van der Waals surface area contributed by atoms with E-state index in [1.165, 1.54) is 4.68 Å². The van der Waals surface area contributed by atoms with Crippen LogP contribution in [0.5, 0.6) is 0 Å². The number of thioether (sulfide) groups is 1. The second-order valence-electron chi connectivity index (χ2n) is 6.76. The Morgan fingerprint density at radius 2 is 1.62 bits per heavy atom. The molecule has 0 bridgehead atoms. The molecule has 144 valence electrons. The second kappa shape index (κ2) is 7.50. The highest BCUT2D eigenvalue weighted by molar-refractivity contribution is 8.00. The van der Waals surface area contributed by atoms with E-state index in [0.717, 1.165) is 31.2 Å². The van der Waals surface area contributed by atoms with Crippen molar-refractivity contribution in [3.8, 4) is 0 Å². The Hall–Kier alpha value is -2.90. The Bertz CT molecular complexity index is 1350. The van der Waals surface area contributed by atoms with E-state index < -0.39 is 0 Å². The van der Waals surface area contributed by atoms with Crippen LogP contribution in [-0.2, 0) is 13.1 Å². The molecule has 0 saturated carbocycles. The van der Waals surface area contributed by atoms with Crippen LogP contribution in [-0.4, -0.2) is 25.6 Å². The van der Waals surface area contributed by atoms with Crippen LogP contribution in [0.4, 0.5) is 0 Å². The molecule has 7 heteroatoms. The van der Waals surface area contributed by atoms with E-state index in [4.69, 9.17) is 4.98 Å². The van der Waals surface area contributed by atoms with Crippen LogP contribution in [0.1, 0.15) is 11.1 Å². The van der Waals surface area contributed by atoms with Crippen molar-refractivity contribution in [3.63, 3.8) is 0 Å². The van der Waals surface area contributed by atoms with Gasteiger partial charge in [0.25, 0.3) is 5.56 Å². The maximum absolute atomic E-state index is 13.4. The molecule has 0 radical (unpaired) electrons. The van der Waals surface area contributed by atoms with Crippen molar-refractivity contribution >= 4 is 44.3 Å². The molecule has 0 amide bonds. The second-order valence-corrected chi connectivity index (χ2v) is 8.82. The zero-order valence-electron chi connectivity index (χ0n) is 15.8. The van der Waals surface area contributed by atoms with Crippen LogP contribution in [0, 0.1) is 0 Å². The first-order valence-corrected chi connectivity index (χ1v) is 11.3. The summed E-state index contributed by atoms with van der Waals surface area (Å²) in [5.41, 5.74) is 3.62. The molecule has 3 heterocycles. The molecular formula is C22H18N4OS2. The van der Waals surface area contributed by atoms with Crippen molar-refractivity contribution in [2.45, 2.75) is 17.4 Å². The summed E-state index contributed by atoms with van der Waals surface area (Å²) in [7, 11) is 0. The molecule has 2 aromatic carbocycles. The molecule has 0 saturated heterocycles. The maximum atomic E-state index is 13.4. The Morgan fingerprint density at radius 3 is 2.28 bits per heavy atom. The summed E-state index contributed by atoms with van der Waals surface area (Å²) >= 11 is 3.24. The van der Waals surface area contributed by atoms with Crippen molar-refractivity contribution in [1.29, 1.82) is 0 Å². The summed E-state index contributed by atoms with van der Waals surface area (Å²) in [6.45, 7) is 1.05. The summed E-state index contributed by atoms with van der Waals surface area (Å²) in [4.78, 5) is 18.2. The fourth-order valence-electron chi connectivity index (χ4n) is 3.54. The molecule has 5 aromatic rings. The van der Waals surface area contributed by atoms with Crippen LogP contribution < -0.4 is 5.56 Å². The van der Waals surface area contributed by atoms with Crippen LogP contribution in [0.25, 0.3) is 21.3 Å². The van der Waals surface area contributed by atoms with Gasteiger partial charge in [-0.15, -0.1) is 11.3 Å².